The van der Waals surface area contributed by atoms with Crippen molar-refractivity contribution in [2.75, 3.05) is 11.9 Å². The Morgan fingerprint density at radius 1 is 1.33 bits per heavy atom. The predicted octanol–water partition coefficient (Wildman–Crippen LogP) is 1.61. The fourth-order valence-corrected chi connectivity index (χ4v) is 2.26. The normalized spacial score (nSPS) is 13.5. The molecule has 0 aliphatic carbocycles. The van der Waals surface area contributed by atoms with Crippen LogP contribution in [0, 0.1) is 6.92 Å². The summed E-state index contributed by atoms with van der Waals surface area (Å²) in [5, 5.41) is 18.6. The molecule has 0 aliphatic rings. The Balaban J connectivity index is 1.89. The van der Waals surface area contributed by atoms with E-state index in [1.165, 1.54) is 18.3 Å². The van der Waals surface area contributed by atoms with E-state index in [2.05, 4.69) is 10.6 Å². The zero-order valence-corrected chi connectivity index (χ0v) is 12.5. The number of carbonyl (C=O) groups excluding carboxylic acids is 2. The molecule has 3 N–H and O–H groups in total. The van der Waals surface area contributed by atoms with Crippen LogP contribution >= 0.6 is 11.3 Å². The fraction of sp³-hybridized carbons (Fsp3) is 0.286. The molecule has 0 spiro atoms. The number of carbonyl (C=O) groups is 2. The van der Waals surface area contributed by atoms with Crippen LogP contribution in [0.3, 0.4) is 0 Å². The van der Waals surface area contributed by atoms with Gasteiger partial charge in [-0.2, -0.15) is 11.3 Å². The van der Waals surface area contributed by atoms with Crippen LogP contribution in [-0.4, -0.2) is 23.5 Å². The first kappa shape index (κ1) is 15.3. The molecule has 1 unspecified atom stereocenters. The summed E-state index contributed by atoms with van der Waals surface area (Å²) in [5.74, 6) is -0.602. The molecule has 21 heavy (non-hydrogen) atoms. The Morgan fingerprint density at radius 3 is 2.67 bits per heavy atom. The number of rotatable bonds is 4. The van der Waals surface area contributed by atoms with Gasteiger partial charge in [-0.05, 0) is 37.4 Å². The van der Waals surface area contributed by atoms with Crippen molar-refractivity contribution < 1.29 is 19.1 Å². The van der Waals surface area contributed by atoms with E-state index in [1.807, 2.05) is 0 Å². The monoisotopic (exact) mass is 308 g/mol. The molecule has 112 valence electrons. The lowest BCUT2D eigenvalue weighted by atomic mass is 10.0. The number of aryl methyl sites for hydroxylation is 1. The van der Waals surface area contributed by atoms with E-state index < -0.39 is 17.4 Å². The van der Waals surface area contributed by atoms with Crippen molar-refractivity contribution in [3.8, 4) is 0 Å². The Labute approximate surface area is 125 Å². The van der Waals surface area contributed by atoms with E-state index in [4.69, 9.17) is 4.42 Å². The molecule has 7 heteroatoms. The van der Waals surface area contributed by atoms with E-state index in [-0.39, 0.29) is 6.54 Å². The first-order chi connectivity index (χ1) is 9.88. The number of furan rings is 1. The Hall–Kier alpha value is -2.12. The average molecular weight is 308 g/mol. The maximum atomic E-state index is 11.7. The van der Waals surface area contributed by atoms with Crippen LogP contribution in [0.4, 0.5) is 5.69 Å². The highest BCUT2D eigenvalue weighted by Crippen LogP contribution is 2.21. The highest BCUT2D eigenvalue weighted by molar-refractivity contribution is 7.08. The van der Waals surface area contributed by atoms with E-state index in [0.717, 1.165) is 0 Å². The highest BCUT2D eigenvalue weighted by atomic mass is 32.1. The third kappa shape index (κ3) is 3.93. The smallest absolute Gasteiger partial charge is 0.313 e. The zero-order valence-electron chi connectivity index (χ0n) is 11.7. The van der Waals surface area contributed by atoms with Gasteiger partial charge in [0.15, 0.2) is 0 Å². The van der Waals surface area contributed by atoms with Gasteiger partial charge in [-0.15, -0.1) is 0 Å². The molecule has 0 aromatic carbocycles. The second-order valence-electron chi connectivity index (χ2n) is 4.83. The molecule has 2 aromatic rings. The number of anilines is 1. The van der Waals surface area contributed by atoms with Crippen LogP contribution in [0.1, 0.15) is 18.4 Å². The van der Waals surface area contributed by atoms with Gasteiger partial charge in [0.2, 0.25) is 0 Å². The van der Waals surface area contributed by atoms with Crippen LogP contribution in [0.15, 0.2) is 33.4 Å². The fourth-order valence-electron chi connectivity index (χ4n) is 1.67. The lowest BCUT2D eigenvalue weighted by Crippen LogP contribution is -2.43. The van der Waals surface area contributed by atoms with Crippen LogP contribution < -0.4 is 10.6 Å². The van der Waals surface area contributed by atoms with Gasteiger partial charge in [0.05, 0.1) is 12.2 Å². The molecule has 0 saturated heterocycles. The van der Waals surface area contributed by atoms with Crippen LogP contribution in [0.5, 0.6) is 0 Å². The largest absolute Gasteiger partial charge is 0.463 e. The molecule has 2 aromatic heterocycles. The highest BCUT2D eigenvalue weighted by Gasteiger charge is 2.28. The molecule has 0 radical (unpaired) electrons. The minimum absolute atomic E-state index is 0.129. The summed E-state index contributed by atoms with van der Waals surface area (Å²) in [6.07, 6.45) is 0. The van der Waals surface area contributed by atoms with Crippen LogP contribution in [0.25, 0.3) is 0 Å². The van der Waals surface area contributed by atoms with E-state index >= 15 is 0 Å². The molecule has 0 fully saturated rings. The minimum atomic E-state index is -1.38. The standard InChI is InChI=1S/C14H16N2O4S/c1-9-3-4-11(20-9)14(2,19)8-15-12(17)13(18)16-10-5-6-21-7-10/h3-7,19H,8H2,1-2H3,(H,15,17)(H,16,18). The maximum Gasteiger partial charge on any atom is 0.313 e. The molecule has 6 nitrogen and oxygen atoms in total. The minimum Gasteiger partial charge on any atom is -0.463 e. The molecular weight excluding hydrogens is 292 g/mol. The second kappa shape index (κ2) is 6.11. The summed E-state index contributed by atoms with van der Waals surface area (Å²) in [6.45, 7) is 3.13. The average Bonchev–Trinajstić information content (AvgIpc) is 3.07. The van der Waals surface area contributed by atoms with Crippen molar-refractivity contribution in [2.24, 2.45) is 0 Å². The third-order valence-corrected chi connectivity index (χ3v) is 3.53. The van der Waals surface area contributed by atoms with Gasteiger partial charge in [0.1, 0.15) is 17.1 Å². The molecule has 0 bridgehead atoms. The number of nitrogens with one attached hydrogen (secondary N) is 2. The molecule has 2 rings (SSSR count). The van der Waals surface area contributed by atoms with Crippen molar-refractivity contribution in [1.29, 1.82) is 0 Å². The van der Waals surface area contributed by atoms with E-state index in [9.17, 15) is 14.7 Å². The van der Waals surface area contributed by atoms with Gasteiger partial charge in [-0.3, -0.25) is 9.59 Å². The van der Waals surface area contributed by atoms with Gasteiger partial charge in [-0.1, -0.05) is 0 Å². The summed E-state index contributed by atoms with van der Waals surface area (Å²) in [7, 11) is 0. The van der Waals surface area contributed by atoms with Gasteiger partial charge in [-0.25, -0.2) is 0 Å². The van der Waals surface area contributed by atoms with Crippen molar-refractivity contribution in [1.82, 2.24) is 5.32 Å². The maximum absolute atomic E-state index is 11.7. The quantitative estimate of drug-likeness (QED) is 0.748. The summed E-state index contributed by atoms with van der Waals surface area (Å²) >= 11 is 1.41. The molecule has 0 aliphatic heterocycles. The number of hydrogen-bond acceptors (Lipinski definition) is 5. The van der Waals surface area contributed by atoms with Crippen molar-refractivity contribution in [3.63, 3.8) is 0 Å². The van der Waals surface area contributed by atoms with Gasteiger partial charge < -0.3 is 20.2 Å². The lowest BCUT2D eigenvalue weighted by molar-refractivity contribution is -0.136. The molecule has 0 saturated carbocycles. The number of hydrogen-bond donors (Lipinski definition) is 3. The predicted molar refractivity (Wildman–Crippen MR) is 79.0 cm³/mol. The SMILES string of the molecule is Cc1ccc(C(C)(O)CNC(=O)C(=O)Nc2ccsc2)o1. The summed E-state index contributed by atoms with van der Waals surface area (Å²) in [4.78, 5) is 23.3. The van der Waals surface area contributed by atoms with Crippen molar-refractivity contribution in [2.45, 2.75) is 19.4 Å². The summed E-state index contributed by atoms with van der Waals surface area (Å²) in [5.41, 5.74) is -0.819. The number of thiophene rings is 1. The second-order valence-corrected chi connectivity index (χ2v) is 5.61. The molecular formula is C14H16N2O4S. The zero-order chi connectivity index (χ0) is 15.5. The molecule has 1 atom stereocenters. The Kier molecular flexibility index (Phi) is 4.44. The van der Waals surface area contributed by atoms with Crippen LogP contribution in [0.2, 0.25) is 0 Å². The number of amides is 2. The molecule has 2 amide bonds. The Bertz CT molecular complexity index is 631. The Morgan fingerprint density at radius 2 is 2.10 bits per heavy atom. The number of aliphatic hydroxyl groups is 1. The third-order valence-electron chi connectivity index (χ3n) is 2.85. The lowest BCUT2D eigenvalue weighted by Gasteiger charge is -2.21. The van der Waals surface area contributed by atoms with Gasteiger partial charge in [0.25, 0.3) is 0 Å². The topological polar surface area (TPSA) is 91.6 Å². The van der Waals surface area contributed by atoms with Crippen molar-refractivity contribution in [3.05, 3.63) is 40.5 Å². The van der Waals surface area contributed by atoms with Crippen LogP contribution in [-0.2, 0) is 15.2 Å². The van der Waals surface area contributed by atoms with E-state index in [0.29, 0.717) is 17.2 Å². The molecule has 2 heterocycles. The first-order valence-corrected chi connectivity index (χ1v) is 7.23. The van der Waals surface area contributed by atoms with Gasteiger partial charge in [0, 0.05) is 5.38 Å². The summed E-state index contributed by atoms with van der Waals surface area (Å²) in [6, 6.07) is 5.04. The first-order valence-electron chi connectivity index (χ1n) is 6.29. The van der Waals surface area contributed by atoms with Gasteiger partial charge >= 0.3 is 11.8 Å². The van der Waals surface area contributed by atoms with E-state index in [1.54, 1.807) is 35.9 Å². The summed E-state index contributed by atoms with van der Waals surface area (Å²) < 4.78 is 5.33. The van der Waals surface area contributed by atoms with Crippen molar-refractivity contribution >= 4 is 28.8 Å².